The van der Waals surface area contributed by atoms with Gasteiger partial charge in [-0.15, -0.1) is 0 Å². The Bertz CT molecular complexity index is 1030. The molecule has 128 valence electrons. The van der Waals surface area contributed by atoms with Gasteiger partial charge >= 0.3 is 11.8 Å². The highest BCUT2D eigenvalue weighted by Crippen LogP contribution is 2.36. The normalized spacial score (nSPS) is 11.5. The van der Waals surface area contributed by atoms with E-state index in [0.29, 0.717) is 16.7 Å². The van der Waals surface area contributed by atoms with Gasteiger partial charge < -0.3 is 9.73 Å². The quantitative estimate of drug-likeness (QED) is 0.667. The molecule has 0 saturated carbocycles. The number of hydrogen-bond donors (Lipinski definition) is 1. The molecule has 3 aromatic rings. The van der Waals surface area contributed by atoms with Crippen LogP contribution >= 0.6 is 11.6 Å². The fraction of sp³-hybridized carbons (Fsp3) is 0.0588. The van der Waals surface area contributed by atoms with Crippen molar-refractivity contribution in [1.82, 2.24) is 0 Å². The summed E-state index contributed by atoms with van der Waals surface area (Å²) in [4.78, 5) is 23.4. The Labute approximate surface area is 143 Å². The van der Waals surface area contributed by atoms with Gasteiger partial charge in [-0.1, -0.05) is 17.7 Å². The molecular formula is C17H9ClF3NO3. The molecular weight excluding hydrogens is 359 g/mol. The van der Waals surface area contributed by atoms with Crippen molar-refractivity contribution in [1.29, 1.82) is 0 Å². The van der Waals surface area contributed by atoms with Crippen molar-refractivity contribution in [2.45, 2.75) is 6.18 Å². The van der Waals surface area contributed by atoms with E-state index in [1.807, 2.05) is 0 Å². The minimum absolute atomic E-state index is 0.295. The van der Waals surface area contributed by atoms with Gasteiger partial charge in [0.2, 0.25) is 0 Å². The predicted octanol–water partition coefficient (Wildman–Crippen LogP) is 4.72. The molecule has 0 saturated heterocycles. The van der Waals surface area contributed by atoms with Crippen molar-refractivity contribution >= 4 is 34.2 Å². The first-order chi connectivity index (χ1) is 11.8. The summed E-state index contributed by atoms with van der Waals surface area (Å²) in [6.07, 6.45) is -4.66. The fourth-order valence-corrected chi connectivity index (χ4v) is 2.59. The van der Waals surface area contributed by atoms with E-state index in [4.69, 9.17) is 16.0 Å². The summed E-state index contributed by atoms with van der Waals surface area (Å²) in [5.74, 6) is -0.784. The van der Waals surface area contributed by atoms with Gasteiger partial charge in [-0.2, -0.15) is 13.2 Å². The highest BCUT2D eigenvalue weighted by Gasteiger charge is 2.34. The van der Waals surface area contributed by atoms with Crippen molar-refractivity contribution in [2.75, 3.05) is 5.32 Å². The zero-order chi connectivity index (χ0) is 18.2. The lowest BCUT2D eigenvalue weighted by Crippen LogP contribution is -2.15. The number of amides is 1. The maximum atomic E-state index is 12.9. The monoisotopic (exact) mass is 367 g/mol. The first-order valence-corrected chi connectivity index (χ1v) is 7.34. The van der Waals surface area contributed by atoms with E-state index >= 15 is 0 Å². The third-order valence-electron chi connectivity index (χ3n) is 3.43. The summed E-state index contributed by atoms with van der Waals surface area (Å²) < 4.78 is 43.6. The number of rotatable bonds is 2. The molecule has 25 heavy (non-hydrogen) atoms. The second-order valence-corrected chi connectivity index (χ2v) is 5.50. The second kappa shape index (κ2) is 6.25. The van der Waals surface area contributed by atoms with Crippen molar-refractivity contribution in [3.63, 3.8) is 0 Å². The van der Waals surface area contributed by atoms with Crippen LogP contribution in [-0.4, -0.2) is 5.91 Å². The molecule has 3 rings (SSSR count). The molecule has 0 fully saturated rings. The standard InChI is InChI=1S/C17H9ClF3NO3/c18-15-11(2-1-3-12(15)17(19,20)21)16(24)22-10-5-6-13-9(8-10)4-7-14(23)25-13/h1-8H,(H,22,24). The van der Waals surface area contributed by atoms with Crippen molar-refractivity contribution in [3.8, 4) is 0 Å². The summed E-state index contributed by atoms with van der Waals surface area (Å²) in [5, 5.41) is 2.36. The molecule has 1 N–H and O–H groups in total. The molecule has 0 aliphatic rings. The minimum Gasteiger partial charge on any atom is -0.423 e. The van der Waals surface area contributed by atoms with Gasteiger partial charge in [0.25, 0.3) is 5.91 Å². The van der Waals surface area contributed by atoms with Crippen LogP contribution in [0.25, 0.3) is 11.0 Å². The van der Waals surface area contributed by atoms with E-state index in [1.165, 1.54) is 36.4 Å². The third-order valence-corrected chi connectivity index (χ3v) is 3.83. The summed E-state index contributed by atoms with van der Waals surface area (Å²) >= 11 is 5.74. The van der Waals surface area contributed by atoms with Gasteiger partial charge in [0.1, 0.15) is 5.58 Å². The highest BCUT2D eigenvalue weighted by atomic mass is 35.5. The SMILES string of the molecule is O=C(Nc1ccc2oc(=O)ccc2c1)c1cccc(C(F)(F)F)c1Cl. The number of hydrogen-bond acceptors (Lipinski definition) is 3. The number of benzene rings is 2. The number of carbonyl (C=O) groups is 1. The molecule has 1 heterocycles. The van der Waals surface area contributed by atoms with E-state index in [9.17, 15) is 22.8 Å². The van der Waals surface area contributed by atoms with E-state index in [0.717, 1.165) is 12.1 Å². The van der Waals surface area contributed by atoms with Crippen LogP contribution in [0.15, 0.2) is 57.7 Å². The number of halogens is 4. The number of anilines is 1. The smallest absolute Gasteiger partial charge is 0.417 e. The van der Waals surface area contributed by atoms with Crippen LogP contribution in [0.1, 0.15) is 15.9 Å². The topological polar surface area (TPSA) is 59.3 Å². The molecule has 0 aliphatic carbocycles. The first kappa shape index (κ1) is 17.0. The average molecular weight is 368 g/mol. The van der Waals surface area contributed by atoms with Crippen LogP contribution in [0, 0.1) is 0 Å². The minimum atomic E-state index is -4.66. The Morgan fingerprint density at radius 2 is 1.84 bits per heavy atom. The second-order valence-electron chi connectivity index (χ2n) is 5.13. The first-order valence-electron chi connectivity index (χ1n) is 6.97. The molecule has 1 aromatic heterocycles. The number of fused-ring (bicyclic) bond motifs is 1. The maximum Gasteiger partial charge on any atom is 0.417 e. The van der Waals surface area contributed by atoms with E-state index in [1.54, 1.807) is 0 Å². The molecule has 4 nitrogen and oxygen atoms in total. The van der Waals surface area contributed by atoms with Crippen LogP contribution < -0.4 is 10.9 Å². The van der Waals surface area contributed by atoms with Crippen LogP contribution in [-0.2, 0) is 6.18 Å². The van der Waals surface area contributed by atoms with Gasteiger partial charge in [-0.3, -0.25) is 4.79 Å². The molecule has 0 radical (unpaired) electrons. The molecule has 0 bridgehead atoms. The lowest BCUT2D eigenvalue weighted by molar-refractivity contribution is -0.137. The zero-order valence-corrected chi connectivity index (χ0v) is 13.1. The van der Waals surface area contributed by atoms with Crippen molar-refractivity contribution in [3.05, 3.63) is 75.1 Å². The van der Waals surface area contributed by atoms with E-state index in [2.05, 4.69) is 5.32 Å². The Morgan fingerprint density at radius 3 is 2.56 bits per heavy atom. The predicted molar refractivity (Wildman–Crippen MR) is 86.9 cm³/mol. The lowest BCUT2D eigenvalue weighted by atomic mass is 10.1. The number of carbonyl (C=O) groups excluding carboxylic acids is 1. The largest absolute Gasteiger partial charge is 0.423 e. The van der Waals surface area contributed by atoms with Crippen molar-refractivity contribution < 1.29 is 22.4 Å². The molecule has 0 aliphatic heterocycles. The van der Waals surface area contributed by atoms with Gasteiger partial charge in [0.05, 0.1) is 16.1 Å². The van der Waals surface area contributed by atoms with E-state index < -0.39 is 28.3 Å². The van der Waals surface area contributed by atoms with Crippen molar-refractivity contribution in [2.24, 2.45) is 0 Å². The zero-order valence-electron chi connectivity index (χ0n) is 12.4. The van der Waals surface area contributed by atoms with E-state index in [-0.39, 0.29) is 5.56 Å². The van der Waals surface area contributed by atoms with Crippen LogP contribution in [0.4, 0.5) is 18.9 Å². The highest BCUT2D eigenvalue weighted by molar-refractivity contribution is 6.35. The summed E-state index contributed by atoms with van der Waals surface area (Å²) in [6, 6.07) is 10.3. The van der Waals surface area contributed by atoms with Gasteiger partial charge in [-0.25, -0.2) is 4.79 Å². The van der Waals surface area contributed by atoms with Crippen LogP contribution in [0.5, 0.6) is 0 Å². The summed E-state index contributed by atoms with van der Waals surface area (Å²) in [5.41, 5.74) is -1.25. The Hall–Kier alpha value is -2.80. The number of nitrogens with one attached hydrogen (secondary N) is 1. The molecule has 0 atom stereocenters. The third kappa shape index (κ3) is 3.51. The van der Waals surface area contributed by atoms with Gasteiger partial charge in [0.15, 0.2) is 0 Å². The molecule has 8 heteroatoms. The Kier molecular flexibility index (Phi) is 4.26. The summed E-state index contributed by atoms with van der Waals surface area (Å²) in [6.45, 7) is 0. The van der Waals surface area contributed by atoms with Gasteiger partial charge in [-0.05, 0) is 36.4 Å². The number of alkyl halides is 3. The maximum absolute atomic E-state index is 12.9. The molecule has 0 spiro atoms. The lowest BCUT2D eigenvalue weighted by Gasteiger charge is -2.12. The fourth-order valence-electron chi connectivity index (χ4n) is 2.27. The Morgan fingerprint density at radius 1 is 1.08 bits per heavy atom. The molecule has 1 amide bonds. The average Bonchev–Trinajstić information content (AvgIpc) is 2.54. The summed E-state index contributed by atoms with van der Waals surface area (Å²) in [7, 11) is 0. The van der Waals surface area contributed by atoms with Crippen LogP contribution in [0.2, 0.25) is 5.02 Å². The van der Waals surface area contributed by atoms with Crippen LogP contribution in [0.3, 0.4) is 0 Å². The molecule has 0 unspecified atom stereocenters. The Balaban J connectivity index is 1.93. The van der Waals surface area contributed by atoms with Gasteiger partial charge in [0, 0.05) is 17.1 Å². The molecule has 2 aromatic carbocycles.